The minimum atomic E-state index is -0.518. The summed E-state index contributed by atoms with van der Waals surface area (Å²) in [6, 6.07) is 6.37. The summed E-state index contributed by atoms with van der Waals surface area (Å²) in [5.41, 5.74) is 0.327. The summed E-state index contributed by atoms with van der Waals surface area (Å²) in [5.74, 6) is 0.267. The molecule has 0 aromatic carbocycles. The molecule has 10 heteroatoms. The molecule has 10 nitrogen and oxygen atoms in total. The Bertz CT molecular complexity index is 919. The van der Waals surface area contributed by atoms with E-state index < -0.39 is 11.9 Å². The lowest BCUT2D eigenvalue weighted by Gasteiger charge is -2.08. The Labute approximate surface area is 160 Å². The molecule has 0 aliphatic carbocycles. The molecule has 146 valence electrons. The monoisotopic (exact) mass is 385 g/mol. The lowest BCUT2D eigenvalue weighted by molar-refractivity contribution is 0.0509. The first-order valence-corrected chi connectivity index (χ1v) is 8.58. The number of hydrogen-bond donors (Lipinski definition) is 0. The third-order valence-electron chi connectivity index (χ3n) is 3.62. The van der Waals surface area contributed by atoms with Crippen LogP contribution in [0.25, 0.3) is 11.6 Å². The van der Waals surface area contributed by atoms with Crippen LogP contribution in [0.3, 0.4) is 0 Å². The highest BCUT2D eigenvalue weighted by molar-refractivity contribution is 5.87. The molecule has 0 spiro atoms. The van der Waals surface area contributed by atoms with E-state index in [-0.39, 0.29) is 24.6 Å². The van der Waals surface area contributed by atoms with E-state index in [0.717, 1.165) is 0 Å². The van der Waals surface area contributed by atoms with Gasteiger partial charge in [-0.2, -0.15) is 10.2 Å². The molecule has 3 aromatic rings. The van der Waals surface area contributed by atoms with Crippen LogP contribution in [0.15, 0.2) is 36.7 Å². The van der Waals surface area contributed by atoms with E-state index in [1.54, 1.807) is 38.4 Å². The van der Waals surface area contributed by atoms with Crippen molar-refractivity contribution in [1.82, 2.24) is 24.5 Å². The SMILES string of the molecule is CCOC(=O)c1ccn(-c2cc(OC)cc(-n3ccc(C(=O)OCC)n3)n2)n1. The van der Waals surface area contributed by atoms with E-state index >= 15 is 0 Å². The van der Waals surface area contributed by atoms with Crippen molar-refractivity contribution in [2.24, 2.45) is 0 Å². The number of hydrogen-bond acceptors (Lipinski definition) is 8. The Hall–Kier alpha value is -3.69. The van der Waals surface area contributed by atoms with Gasteiger partial charge in [-0.05, 0) is 26.0 Å². The minimum Gasteiger partial charge on any atom is -0.496 e. The molecule has 0 unspecified atom stereocenters. The maximum atomic E-state index is 11.8. The predicted octanol–water partition coefficient (Wildman–Crippen LogP) is 1.81. The zero-order valence-electron chi connectivity index (χ0n) is 15.7. The first-order valence-electron chi connectivity index (χ1n) is 8.58. The largest absolute Gasteiger partial charge is 0.496 e. The van der Waals surface area contributed by atoms with Gasteiger partial charge in [0.15, 0.2) is 23.0 Å². The average molecular weight is 385 g/mol. The highest BCUT2D eigenvalue weighted by Crippen LogP contribution is 2.19. The molecule has 0 fully saturated rings. The van der Waals surface area contributed by atoms with Crippen molar-refractivity contribution in [3.05, 3.63) is 48.0 Å². The van der Waals surface area contributed by atoms with Gasteiger partial charge in [-0.25, -0.2) is 23.9 Å². The lowest BCUT2D eigenvalue weighted by atomic mass is 10.4. The van der Waals surface area contributed by atoms with Crippen molar-refractivity contribution in [2.75, 3.05) is 20.3 Å². The maximum Gasteiger partial charge on any atom is 0.358 e. The molecule has 0 saturated carbocycles. The van der Waals surface area contributed by atoms with Crippen molar-refractivity contribution in [2.45, 2.75) is 13.8 Å². The maximum absolute atomic E-state index is 11.8. The van der Waals surface area contributed by atoms with Crippen LogP contribution in [0.5, 0.6) is 5.75 Å². The second-order valence-electron chi connectivity index (χ2n) is 5.46. The summed E-state index contributed by atoms with van der Waals surface area (Å²) in [5, 5.41) is 8.37. The second-order valence-corrected chi connectivity index (χ2v) is 5.46. The van der Waals surface area contributed by atoms with Gasteiger partial charge >= 0.3 is 11.9 Å². The first-order chi connectivity index (χ1) is 13.5. The molecule has 0 amide bonds. The highest BCUT2D eigenvalue weighted by Gasteiger charge is 2.15. The van der Waals surface area contributed by atoms with Gasteiger partial charge < -0.3 is 14.2 Å². The number of carbonyl (C=O) groups excluding carboxylic acids is 2. The van der Waals surface area contributed by atoms with Gasteiger partial charge in [0, 0.05) is 24.5 Å². The van der Waals surface area contributed by atoms with Crippen LogP contribution in [0.4, 0.5) is 0 Å². The van der Waals surface area contributed by atoms with Crippen LogP contribution in [0.1, 0.15) is 34.8 Å². The smallest absolute Gasteiger partial charge is 0.358 e. The summed E-state index contributed by atoms with van der Waals surface area (Å²) in [7, 11) is 1.52. The highest BCUT2D eigenvalue weighted by atomic mass is 16.5. The molecule has 3 rings (SSSR count). The van der Waals surface area contributed by atoms with Crippen LogP contribution in [-0.4, -0.2) is 56.8 Å². The summed E-state index contributed by atoms with van der Waals surface area (Å²) in [4.78, 5) is 28.1. The van der Waals surface area contributed by atoms with Gasteiger partial charge in [0.05, 0.1) is 20.3 Å². The van der Waals surface area contributed by atoms with Crippen molar-refractivity contribution >= 4 is 11.9 Å². The van der Waals surface area contributed by atoms with Crippen LogP contribution < -0.4 is 4.74 Å². The van der Waals surface area contributed by atoms with Gasteiger partial charge in [0.2, 0.25) is 0 Å². The van der Waals surface area contributed by atoms with E-state index in [4.69, 9.17) is 14.2 Å². The zero-order chi connectivity index (χ0) is 20.1. The summed E-state index contributed by atoms with van der Waals surface area (Å²) in [6.07, 6.45) is 3.18. The van der Waals surface area contributed by atoms with Crippen LogP contribution in [0.2, 0.25) is 0 Å². The van der Waals surface area contributed by atoms with E-state index in [9.17, 15) is 9.59 Å². The molecule has 0 radical (unpaired) electrons. The Morgan fingerprint density at radius 1 is 0.893 bits per heavy atom. The molecule has 0 saturated heterocycles. The number of methoxy groups -OCH3 is 1. The summed E-state index contributed by atoms with van der Waals surface area (Å²) in [6.45, 7) is 3.96. The second kappa shape index (κ2) is 8.33. The average Bonchev–Trinajstić information content (AvgIpc) is 3.38. The first kappa shape index (κ1) is 19.1. The van der Waals surface area contributed by atoms with Gasteiger partial charge in [-0.1, -0.05) is 0 Å². The molecule has 0 aliphatic rings. The predicted molar refractivity (Wildman–Crippen MR) is 96.9 cm³/mol. The molecule has 3 heterocycles. The standard InChI is InChI=1S/C18H19N5O5/c1-4-27-17(24)13-6-8-22(20-13)15-10-12(26-3)11-16(19-15)23-9-7-14(21-23)18(25)28-5-2/h6-11H,4-5H2,1-3H3. The molecule has 0 N–H and O–H groups in total. The number of rotatable bonds is 7. The molecule has 28 heavy (non-hydrogen) atoms. The molecule has 0 atom stereocenters. The lowest BCUT2D eigenvalue weighted by Crippen LogP contribution is -2.09. The van der Waals surface area contributed by atoms with Crippen molar-refractivity contribution in [3.63, 3.8) is 0 Å². The molecule has 0 aliphatic heterocycles. The Morgan fingerprint density at radius 3 is 1.75 bits per heavy atom. The molecule has 0 bridgehead atoms. The Kier molecular flexibility index (Phi) is 5.68. The normalized spacial score (nSPS) is 10.5. The summed E-state index contributed by atoms with van der Waals surface area (Å²) < 4.78 is 18.1. The van der Waals surface area contributed by atoms with Gasteiger partial charge in [0.1, 0.15) is 5.75 Å². The van der Waals surface area contributed by atoms with Crippen LogP contribution in [0, 0.1) is 0 Å². The fourth-order valence-electron chi connectivity index (χ4n) is 2.36. The van der Waals surface area contributed by atoms with Crippen LogP contribution >= 0.6 is 0 Å². The van der Waals surface area contributed by atoms with Crippen LogP contribution in [-0.2, 0) is 9.47 Å². The number of carbonyl (C=O) groups is 2. The van der Waals surface area contributed by atoms with E-state index in [1.807, 2.05) is 0 Å². The molecule has 3 aromatic heterocycles. The number of pyridine rings is 1. The van der Waals surface area contributed by atoms with Crippen molar-refractivity contribution < 1.29 is 23.8 Å². The van der Waals surface area contributed by atoms with E-state index in [0.29, 0.717) is 17.4 Å². The number of aromatic nitrogens is 5. The third-order valence-corrected chi connectivity index (χ3v) is 3.62. The molecular formula is C18H19N5O5. The minimum absolute atomic E-state index is 0.164. The van der Waals surface area contributed by atoms with Gasteiger partial charge in [-0.15, -0.1) is 0 Å². The quantitative estimate of drug-likeness (QED) is 0.566. The number of esters is 2. The van der Waals surface area contributed by atoms with E-state index in [2.05, 4.69) is 15.2 Å². The number of ether oxygens (including phenoxy) is 3. The van der Waals surface area contributed by atoms with Crippen molar-refractivity contribution in [3.8, 4) is 17.4 Å². The third kappa shape index (κ3) is 4.00. The summed E-state index contributed by atoms with van der Waals surface area (Å²) >= 11 is 0. The number of nitrogens with zero attached hydrogens (tertiary/aromatic N) is 5. The Morgan fingerprint density at radius 2 is 1.36 bits per heavy atom. The fraction of sp³-hybridized carbons (Fsp3) is 0.278. The van der Waals surface area contributed by atoms with Gasteiger partial charge in [0.25, 0.3) is 0 Å². The zero-order valence-corrected chi connectivity index (χ0v) is 15.7. The molecular weight excluding hydrogens is 366 g/mol. The fourth-order valence-corrected chi connectivity index (χ4v) is 2.36. The Balaban J connectivity index is 1.95. The van der Waals surface area contributed by atoms with Crippen molar-refractivity contribution in [1.29, 1.82) is 0 Å². The van der Waals surface area contributed by atoms with Gasteiger partial charge in [-0.3, -0.25) is 0 Å². The topological polar surface area (TPSA) is 110 Å². The van der Waals surface area contributed by atoms with E-state index in [1.165, 1.54) is 28.6 Å².